The Labute approximate surface area is 169 Å². The fourth-order valence-corrected chi connectivity index (χ4v) is 3.30. The van der Waals surface area contributed by atoms with Crippen molar-refractivity contribution < 1.29 is 24.2 Å². The molecule has 29 heavy (non-hydrogen) atoms. The predicted octanol–water partition coefficient (Wildman–Crippen LogP) is 3.32. The monoisotopic (exact) mass is 393 g/mol. The standard InChI is InChI=1S/C23H23NO5/c1-3-14-29-18-11-9-16(10-12-18)20-19(21(25)17-7-5-4-6-8-17)22(26)23(27)24(20)13-15-28-2/h3-12,20,25H,1,13-15H2,2H3/t20-/m1/s1. The topological polar surface area (TPSA) is 76.1 Å². The first-order valence-electron chi connectivity index (χ1n) is 9.25. The van der Waals surface area contributed by atoms with Crippen molar-refractivity contribution in [2.75, 3.05) is 26.9 Å². The number of benzene rings is 2. The van der Waals surface area contributed by atoms with E-state index in [0.29, 0.717) is 23.5 Å². The summed E-state index contributed by atoms with van der Waals surface area (Å²) in [4.78, 5) is 26.9. The van der Waals surface area contributed by atoms with Gasteiger partial charge in [0.15, 0.2) is 0 Å². The van der Waals surface area contributed by atoms with Crippen LogP contribution in [0.5, 0.6) is 5.75 Å². The van der Waals surface area contributed by atoms with Crippen LogP contribution in [0, 0.1) is 0 Å². The molecular formula is C23H23NO5. The van der Waals surface area contributed by atoms with Gasteiger partial charge in [-0.2, -0.15) is 0 Å². The number of hydrogen-bond donors (Lipinski definition) is 1. The van der Waals surface area contributed by atoms with E-state index in [1.807, 2.05) is 6.07 Å². The largest absolute Gasteiger partial charge is 0.507 e. The van der Waals surface area contributed by atoms with E-state index in [1.165, 1.54) is 12.0 Å². The van der Waals surface area contributed by atoms with Gasteiger partial charge >= 0.3 is 0 Å². The predicted molar refractivity (Wildman–Crippen MR) is 109 cm³/mol. The quantitative estimate of drug-likeness (QED) is 0.322. The third-order valence-corrected chi connectivity index (χ3v) is 4.69. The minimum Gasteiger partial charge on any atom is -0.507 e. The lowest BCUT2D eigenvalue weighted by Crippen LogP contribution is -2.32. The van der Waals surface area contributed by atoms with Crippen molar-refractivity contribution in [2.24, 2.45) is 0 Å². The number of aliphatic hydroxyl groups excluding tert-OH is 1. The van der Waals surface area contributed by atoms with Gasteiger partial charge < -0.3 is 19.5 Å². The van der Waals surface area contributed by atoms with Crippen molar-refractivity contribution in [3.8, 4) is 5.75 Å². The number of methoxy groups -OCH3 is 1. The van der Waals surface area contributed by atoms with Gasteiger partial charge in [0.1, 0.15) is 18.1 Å². The number of ether oxygens (including phenoxy) is 2. The molecule has 6 nitrogen and oxygen atoms in total. The lowest BCUT2D eigenvalue weighted by Gasteiger charge is -2.25. The average Bonchev–Trinajstić information content (AvgIpc) is 3.01. The van der Waals surface area contributed by atoms with Crippen LogP contribution >= 0.6 is 0 Å². The first-order chi connectivity index (χ1) is 14.1. The summed E-state index contributed by atoms with van der Waals surface area (Å²) >= 11 is 0. The van der Waals surface area contributed by atoms with Crippen LogP contribution < -0.4 is 4.74 Å². The zero-order valence-electron chi connectivity index (χ0n) is 16.2. The number of amides is 1. The molecule has 1 aliphatic heterocycles. The summed E-state index contributed by atoms with van der Waals surface area (Å²) in [6.45, 7) is 4.49. The Balaban J connectivity index is 2.06. The molecule has 150 valence electrons. The minimum absolute atomic E-state index is 0.0667. The van der Waals surface area contributed by atoms with Crippen molar-refractivity contribution in [2.45, 2.75) is 6.04 Å². The van der Waals surface area contributed by atoms with Crippen molar-refractivity contribution in [1.29, 1.82) is 0 Å². The van der Waals surface area contributed by atoms with Gasteiger partial charge in [-0.25, -0.2) is 0 Å². The first-order valence-corrected chi connectivity index (χ1v) is 9.25. The van der Waals surface area contributed by atoms with E-state index in [9.17, 15) is 14.7 Å². The molecule has 1 aliphatic rings. The van der Waals surface area contributed by atoms with E-state index in [0.717, 1.165) is 0 Å². The van der Waals surface area contributed by atoms with Crippen LogP contribution in [0.15, 0.2) is 72.8 Å². The molecule has 1 N–H and O–H groups in total. The molecule has 0 saturated carbocycles. The summed E-state index contributed by atoms with van der Waals surface area (Å²) in [5.41, 5.74) is 1.24. The zero-order valence-corrected chi connectivity index (χ0v) is 16.2. The van der Waals surface area contributed by atoms with Gasteiger partial charge in [0.2, 0.25) is 0 Å². The second-order valence-electron chi connectivity index (χ2n) is 6.52. The molecule has 0 aliphatic carbocycles. The van der Waals surface area contributed by atoms with Crippen LogP contribution in [0.3, 0.4) is 0 Å². The number of aliphatic hydroxyl groups is 1. The highest BCUT2D eigenvalue weighted by atomic mass is 16.5. The normalized spacial score (nSPS) is 18.1. The highest BCUT2D eigenvalue weighted by Crippen LogP contribution is 2.39. The third kappa shape index (κ3) is 4.22. The smallest absolute Gasteiger partial charge is 0.295 e. The van der Waals surface area contributed by atoms with Gasteiger partial charge in [-0.1, -0.05) is 55.1 Å². The molecule has 0 aromatic heterocycles. The fraction of sp³-hybridized carbons (Fsp3) is 0.217. The Kier molecular flexibility index (Phi) is 6.46. The third-order valence-electron chi connectivity index (χ3n) is 4.69. The van der Waals surface area contributed by atoms with Crippen molar-refractivity contribution in [1.82, 2.24) is 4.90 Å². The molecule has 3 rings (SSSR count). The van der Waals surface area contributed by atoms with Crippen molar-refractivity contribution in [3.63, 3.8) is 0 Å². The molecule has 1 heterocycles. The number of carbonyl (C=O) groups is 2. The van der Waals surface area contributed by atoms with E-state index >= 15 is 0 Å². The lowest BCUT2D eigenvalue weighted by molar-refractivity contribution is -0.140. The van der Waals surface area contributed by atoms with Crippen LogP contribution in [0.2, 0.25) is 0 Å². The number of likely N-dealkylation sites (tertiary alicyclic amines) is 1. The average molecular weight is 393 g/mol. The maximum absolute atomic E-state index is 12.8. The van der Waals surface area contributed by atoms with Crippen LogP contribution in [-0.4, -0.2) is 48.6 Å². The Morgan fingerprint density at radius 3 is 2.45 bits per heavy atom. The van der Waals surface area contributed by atoms with Crippen LogP contribution in [-0.2, 0) is 14.3 Å². The maximum atomic E-state index is 12.8. The molecule has 0 unspecified atom stereocenters. The molecule has 0 spiro atoms. The summed E-state index contributed by atoms with van der Waals surface area (Å²) in [6.07, 6.45) is 1.65. The number of hydrogen-bond acceptors (Lipinski definition) is 5. The number of Topliss-reactive ketones (excluding diaryl/α,β-unsaturated/α-hetero) is 1. The summed E-state index contributed by atoms with van der Waals surface area (Å²) in [7, 11) is 1.53. The van der Waals surface area contributed by atoms with E-state index in [1.54, 1.807) is 54.6 Å². The molecule has 1 atom stereocenters. The molecule has 1 amide bonds. The molecule has 2 aromatic carbocycles. The van der Waals surface area contributed by atoms with Gasteiger partial charge in [0, 0.05) is 19.2 Å². The Bertz CT molecular complexity index is 918. The highest BCUT2D eigenvalue weighted by molar-refractivity contribution is 6.46. The molecule has 1 saturated heterocycles. The SMILES string of the molecule is C=CCOc1ccc([C@@H]2C(=C(O)c3ccccc3)C(=O)C(=O)N2CCOC)cc1. The molecule has 0 radical (unpaired) electrons. The van der Waals surface area contributed by atoms with E-state index in [2.05, 4.69) is 6.58 Å². The van der Waals surface area contributed by atoms with E-state index in [-0.39, 0.29) is 24.5 Å². The first kappa shape index (κ1) is 20.4. The van der Waals surface area contributed by atoms with Gasteiger partial charge in [-0.3, -0.25) is 9.59 Å². The Hall–Kier alpha value is -3.38. The second-order valence-corrected chi connectivity index (χ2v) is 6.52. The number of ketones is 1. The summed E-state index contributed by atoms with van der Waals surface area (Å²) in [5, 5.41) is 10.9. The van der Waals surface area contributed by atoms with Crippen molar-refractivity contribution >= 4 is 17.4 Å². The van der Waals surface area contributed by atoms with E-state index in [4.69, 9.17) is 9.47 Å². The maximum Gasteiger partial charge on any atom is 0.295 e. The van der Waals surface area contributed by atoms with Crippen LogP contribution in [0.1, 0.15) is 17.2 Å². The van der Waals surface area contributed by atoms with E-state index < -0.39 is 17.7 Å². The molecule has 2 aromatic rings. The number of carbonyl (C=O) groups excluding carboxylic acids is 2. The fourth-order valence-electron chi connectivity index (χ4n) is 3.30. The van der Waals surface area contributed by atoms with Gasteiger partial charge in [0.05, 0.1) is 18.2 Å². The summed E-state index contributed by atoms with van der Waals surface area (Å²) in [6, 6.07) is 15.1. The Morgan fingerprint density at radius 1 is 1.14 bits per heavy atom. The van der Waals surface area contributed by atoms with Gasteiger partial charge in [-0.15, -0.1) is 0 Å². The summed E-state index contributed by atoms with van der Waals surface area (Å²) < 4.78 is 10.6. The van der Waals surface area contributed by atoms with Gasteiger partial charge in [0.25, 0.3) is 11.7 Å². The number of rotatable bonds is 8. The van der Waals surface area contributed by atoms with Crippen LogP contribution in [0.25, 0.3) is 5.76 Å². The Morgan fingerprint density at radius 2 is 1.83 bits per heavy atom. The van der Waals surface area contributed by atoms with Crippen molar-refractivity contribution in [3.05, 3.63) is 84.0 Å². The zero-order chi connectivity index (χ0) is 20.8. The lowest BCUT2D eigenvalue weighted by atomic mass is 9.95. The molecule has 6 heteroatoms. The second kappa shape index (κ2) is 9.21. The molecular weight excluding hydrogens is 370 g/mol. The van der Waals surface area contributed by atoms with Gasteiger partial charge in [-0.05, 0) is 17.7 Å². The molecule has 1 fully saturated rings. The molecule has 0 bridgehead atoms. The van der Waals surface area contributed by atoms with Crippen LogP contribution in [0.4, 0.5) is 0 Å². The minimum atomic E-state index is -0.709. The highest BCUT2D eigenvalue weighted by Gasteiger charge is 2.45. The summed E-state index contributed by atoms with van der Waals surface area (Å²) in [5.74, 6) is -0.914. The number of nitrogens with zero attached hydrogens (tertiary/aromatic N) is 1.